The van der Waals surface area contributed by atoms with Crippen molar-refractivity contribution in [2.24, 2.45) is 0 Å². The molecule has 1 saturated heterocycles. The minimum Gasteiger partial charge on any atom is -0.337 e. The predicted molar refractivity (Wildman–Crippen MR) is 95.7 cm³/mol. The molecule has 7 heteroatoms. The summed E-state index contributed by atoms with van der Waals surface area (Å²) in [6.07, 6.45) is 6.74. The topological polar surface area (TPSA) is 74.8 Å². The van der Waals surface area contributed by atoms with Crippen LogP contribution in [0.4, 0.5) is 0 Å². The Bertz CT molecular complexity index is 787. The zero-order chi connectivity index (χ0) is 18.4. The highest BCUT2D eigenvalue weighted by Gasteiger charge is 2.29. The van der Waals surface area contributed by atoms with E-state index in [0.717, 1.165) is 0 Å². The molecule has 0 aromatic heterocycles. The summed E-state index contributed by atoms with van der Waals surface area (Å²) in [7, 11) is -3.62. The van der Waals surface area contributed by atoms with Crippen molar-refractivity contribution in [1.82, 2.24) is 9.21 Å². The van der Waals surface area contributed by atoms with Gasteiger partial charge in [-0.2, -0.15) is 4.31 Å². The van der Waals surface area contributed by atoms with E-state index < -0.39 is 10.0 Å². The molecule has 0 N–H and O–H groups in total. The second-order valence-electron chi connectivity index (χ2n) is 5.69. The van der Waals surface area contributed by atoms with E-state index in [2.05, 4.69) is 0 Å². The molecule has 0 saturated carbocycles. The summed E-state index contributed by atoms with van der Waals surface area (Å²) < 4.78 is 26.7. The number of allylic oxidation sites excluding steroid dienone is 3. The Morgan fingerprint density at radius 3 is 2.12 bits per heavy atom. The minimum absolute atomic E-state index is 0.109. The van der Waals surface area contributed by atoms with Gasteiger partial charge in [-0.3, -0.25) is 9.59 Å². The lowest BCUT2D eigenvalue weighted by Gasteiger charge is -2.33. The van der Waals surface area contributed by atoms with E-state index in [-0.39, 0.29) is 29.7 Å². The third kappa shape index (κ3) is 4.64. The Hall–Kier alpha value is -2.25. The number of carbonyl (C=O) groups excluding carboxylic acids is 2. The summed E-state index contributed by atoms with van der Waals surface area (Å²) >= 11 is 0. The van der Waals surface area contributed by atoms with Crippen molar-refractivity contribution in [3.05, 3.63) is 54.1 Å². The number of piperazine rings is 1. The van der Waals surface area contributed by atoms with Crippen LogP contribution < -0.4 is 0 Å². The number of Topliss-reactive ketones (excluding diaryl/α,β-unsaturated/α-hetero) is 1. The number of carbonyl (C=O) groups is 2. The second-order valence-corrected chi connectivity index (χ2v) is 7.63. The fourth-order valence-electron chi connectivity index (χ4n) is 2.51. The molecule has 0 atom stereocenters. The van der Waals surface area contributed by atoms with Crippen LogP contribution >= 0.6 is 0 Å². The predicted octanol–water partition coefficient (Wildman–Crippen LogP) is 1.85. The molecule has 0 aliphatic carbocycles. The summed E-state index contributed by atoms with van der Waals surface area (Å²) in [5.41, 5.74) is 0.474. The Morgan fingerprint density at radius 2 is 1.60 bits per heavy atom. The lowest BCUT2D eigenvalue weighted by Crippen LogP contribution is -2.50. The number of nitrogens with zero attached hydrogens (tertiary/aromatic N) is 2. The highest BCUT2D eigenvalue weighted by molar-refractivity contribution is 7.89. The first kappa shape index (κ1) is 19.1. The van der Waals surface area contributed by atoms with Crippen LogP contribution in [0.3, 0.4) is 0 Å². The van der Waals surface area contributed by atoms with Gasteiger partial charge in [0.05, 0.1) is 4.90 Å². The number of hydrogen-bond donors (Lipinski definition) is 0. The van der Waals surface area contributed by atoms with Gasteiger partial charge in [0, 0.05) is 37.8 Å². The molecule has 1 aromatic carbocycles. The third-order valence-corrected chi connectivity index (χ3v) is 5.90. The Labute approximate surface area is 148 Å². The van der Waals surface area contributed by atoms with Crippen LogP contribution in [0.15, 0.2) is 53.5 Å². The SMILES string of the molecule is C/C=C/C=C/C(=O)N1CCN(S(=O)(=O)c2ccc(C(C)=O)cc2)CC1. The summed E-state index contributed by atoms with van der Waals surface area (Å²) in [4.78, 5) is 25.1. The summed E-state index contributed by atoms with van der Waals surface area (Å²) in [6.45, 7) is 4.50. The van der Waals surface area contributed by atoms with E-state index in [1.165, 1.54) is 41.6 Å². The fraction of sp³-hybridized carbons (Fsp3) is 0.333. The van der Waals surface area contributed by atoms with Crippen LogP contribution in [0.1, 0.15) is 24.2 Å². The smallest absolute Gasteiger partial charge is 0.246 e. The Balaban J connectivity index is 2.03. The minimum atomic E-state index is -3.62. The van der Waals surface area contributed by atoms with Gasteiger partial charge in [0.2, 0.25) is 15.9 Å². The maximum Gasteiger partial charge on any atom is 0.246 e. The van der Waals surface area contributed by atoms with Crippen LogP contribution in [-0.2, 0) is 14.8 Å². The monoisotopic (exact) mass is 362 g/mol. The van der Waals surface area contributed by atoms with Crippen molar-refractivity contribution in [3.8, 4) is 0 Å². The molecule has 0 radical (unpaired) electrons. The quantitative estimate of drug-likeness (QED) is 0.455. The van der Waals surface area contributed by atoms with E-state index in [0.29, 0.717) is 18.7 Å². The zero-order valence-electron chi connectivity index (χ0n) is 14.4. The van der Waals surface area contributed by atoms with Crippen molar-refractivity contribution in [2.75, 3.05) is 26.2 Å². The standard InChI is InChI=1S/C18H22N2O4S/c1-3-4-5-6-18(22)19-11-13-20(14-12-19)25(23,24)17-9-7-16(8-10-17)15(2)21/h3-10H,11-14H2,1-2H3/b4-3+,6-5+. The normalized spacial score (nSPS) is 16.6. The molecule has 0 unspecified atom stereocenters. The van der Waals surface area contributed by atoms with Gasteiger partial charge in [0.25, 0.3) is 0 Å². The van der Waals surface area contributed by atoms with Crippen LogP contribution in [-0.4, -0.2) is 55.5 Å². The molecule has 2 rings (SSSR count). The van der Waals surface area contributed by atoms with Gasteiger partial charge < -0.3 is 4.90 Å². The number of rotatable bonds is 5. The lowest BCUT2D eigenvalue weighted by atomic mass is 10.2. The van der Waals surface area contributed by atoms with Gasteiger partial charge in [0.15, 0.2) is 5.78 Å². The van der Waals surface area contributed by atoms with Crippen molar-refractivity contribution >= 4 is 21.7 Å². The largest absolute Gasteiger partial charge is 0.337 e. The van der Waals surface area contributed by atoms with Gasteiger partial charge in [0.1, 0.15) is 0 Å². The molecule has 0 bridgehead atoms. The van der Waals surface area contributed by atoms with Gasteiger partial charge in [-0.15, -0.1) is 0 Å². The summed E-state index contributed by atoms with van der Waals surface area (Å²) in [6, 6.07) is 5.93. The third-order valence-electron chi connectivity index (χ3n) is 3.99. The van der Waals surface area contributed by atoms with Crippen LogP contribution in [0, 0.1) is 0 Å². The average molecular weight is 362 g/mol. The number of sulfonamides is 1. The van der Waals surface area contributed by atoms with Gasteiger partial charge >= 0.3 is 0 Å². The highest BCUT2D eigenvalue weighted by Crippen LogP contribution is 2.18. The van der Waals surface area contributed by atoms with Crippen molar-refractivity contribution in [3.63, 3.8) is 0 Å². The van der Waals surface area contributed by atoms with Gasteiger partial charge in [-0.25, -0.2) is 8.42 Å². The number of benzene rings is 1. The fourth-order valence-corrected chi connectivity index (χ4v) is 3.94. The summed E-state index contributed by atoms with van der Waals surface area (Å²) in [5, 5.41) is 0. The molecule has 1 aliphatic rings. The zero-order valence-corrected chi connectivity index (χ0v) is 15.2. The van der Waals surface area contributed by atoms with Gasteiger partial charge in [-0.1, -0.05) is 30.4 Å². The Morgan fingerprint density at radius 1 is 1.00 bits per heavy atom. The highest BCUT2D eigenvalue weighted by atomic mass is 32.2. The maximum absolute atomic E-state index is 12.7. The molecule has 1 heterocycles. The number of amides is 1. The molecule has 1 fully saturated rings. The molecule has 1 amide bonds. The van der Waals surface area contributed by atoms with Crippen LogP contribution in [0.2, 0.25) is 0 Å². The van der Waals surface area contributed by atoms with E-state index in [1.54, 1.807) is 17.1 Å². The van der Waals surface area contributed by atoms with E-state index >= 15 is 0 Å². The van der Waals surface area contributed by atoms with Crippen molar-refractivity contribution < 1.29 is 18.0 Å². The molecule has 6 nitrogen and oxygen atoms in total. The number of hydrogen-bond acceptors (Lipinski definition) is 4. The molecule has 0 spiro atoms. The van der Waals surface area contributed by atoms with Crippen molar-refractivity contribution in [2.45, 2.75) is 18.7 Å². The lowest BCUT2D eigenvalue weighted by molar-refractivity contribution is -0.127. The molecule has 134 valence electrons. The maximum atomic E-state index is 12.7. The molecular formula is C18H22N2O4S. The Kier molecular flexibility index (Phi) is 6.27. The molecule has 25 heavy (non-hydrogen) atoms. The second kappa shape index (κ2) is 8.22. The van der Waals surface area contributed by atoms with Crippen LogP contribution in [0.25, 0.3) is 0 Å². The van der Waals surface area contributed by atoms with Gasteiger partial charge in [-0.05, 0) is 26.0 Å². The molecule has 1 aliphatic heterocycles. The first-order valence-corrected chi connectivity index (χ1v) is 9.49. The first-order valence-electron chi connectivity index (χ1n) is 8.05. The first-order chi connectivity index (χ1) is 11.9. The number of ketones is 1. The van der Waals surface area contributed by atoms with E-state index in [4.69, 9.17) is 0 Å². The van der Waals surface area contributed by atoms with Crippen LogP contribution in [0.5, 0.6) is 0 Å². The average Bonchev–Trinajstić information content (AvgIpc) is 2.62. The van der Waals surface area contributed by atoms with E-state index in [9.17, 15) is 18.0 Å². The van der Waals surface area contributed by atoms with E-state index in [1.807, 2.05) is 13.0 Å². The molecule has 1 aromatic rings. The molecular weight excluding hydrogens is 340 g/mol. The summed E-state index contributed by atoms with van der Waals surface area (Å²) in [5.74, 6) is -0.233. The van der Waals surface area contributed by atoms with Crippen molar-refractivity contribution in [1.29, 1.82) is 0 Å².